The summed E-state index contributed by atoms with van der Waals surface area (Å²) in [6.07, 6.45) is 6.49. The molecular formula is C18H27BrClN. The Morgan fingerprint density at radius 3 is 2.33 bits per heavy atom. The number of nitrogens with one attached hydrogen (secondary N) is 1. The van der Waals surface area contributed by atoms with Crippen molar-refractivity contribution >= 4 is 27.5 Å². The third-order valence-corrected chi connectivity index (χ3v) is 6.00. The van der Waals surface area contributed by atoms with E-state index in [1.54, 1.807) is 0 Å². The van der Waals surface area contributed by atoms with Crippen LogP contribution in [0.15, 0.2) is 22.7 Å². The van der Waals surface area contributed by atoms with Gasteiger partial charge in [0.05, 0.1) is 0 Å². The molecule has 3 heteroatoms. The molecule has 1 aromatic rings. The quantitative estimate of drug-likeness (QED) is 0.699. The maximum atomic E-state index is 6.38. The fraction of sp³-hybridized carbons (Fsp3) is 0.667. The first-order valence-electron chi connectivity index (χ1n) is 8.12. The number of hydrogen-bond donors (Lipinski definition) is 1. The lowest BCUT2D eigenvalue weighted by atomic mass is 9.73. The summed E-state index contributed by atoms with van der Waals surface area (Å²) in [6, 6.07) is 6.77. The summed E-state index contributed by atoms with van der Waals surface area (Å²) < 4.78 is 1.05. The molecule has 0 bridgehead atoms. The smallest absolute Gasteiger partial charge is 0.0449 e. The molecule has 0 saturated heterocycles. The molecular weight excluding hydrogens is 346 g/mol. The van der Waals surface area contributed by atoms with Crippen LogP contribution in [0.3, 0.4) is 0 Å². The fourth-order valence-electron chi connectivity index (χ4n) is 3.64. The largest absolute Gasteiger partial charge is 0.316 e. The van der Waals surface area contributed by atoms with Crippen LogP contribution in [0.5, 0.6) is 0 Å². The van der Waals surface area contributed by atoms with E-state index in [4.69, 9.17) is 11.6 Å². The van der Waals surface area contributed by atoms with Crippen molar-refractivity contribution in [2.75, 3.05) is 7.05 Å². The predicted molar refractivity (Wildman–Crippen MR) is 96.0 cm³/mol. The van der Waals surface area contributed by atoms with E-state index in [1.165, 1.54) is 31.2 Å². The Hall–Kier alpha value is -0.0500. The van der Waals surface area contributed by atoms with E-state index in [-0.39, 0.29) is 0 Å². The van der Waals surface area contributed by atoms with Gasteiger partial charge in [0.2, 0.25) is 0 Å². The van der Waals surface area contributed by atoms with Crippen LogP contribution in [-0.4, -0.2) is 13.1 Å². The Kier molecular flexibility index (Phi) is 6.58. The molecule has 2 rings (SSSR count). The van der Waals surface area contributed by atoms with Crippen molar-refractivity contribution in [1.82, 2.24) is 5.32 Å². The zero-order valence-electron chi connectivity index (χ0n) is 13.3. The topological polar surface area (TPSA) is 12.0 Å². The van der Waals surface area contributed by atoms with Crippen LogP contribution < -0.4 is 5.32 Å². The second kappa shape index (κ2) is 7.99. The Bertz CT molecular complexity index is 453. The van der Waals surface area contributed by atoms with Crippen molar-refractivity contribution in [3.63, 3.8) is 0 Å². The molecule has 1 N–H and O–H groups in total. The number of rotatable bonds is 5. The summed E-state index contributed by atoms with van der Waals surface area (Å²) in [5.74, 6) is 2.54. The van der Waals surface area contributed by atoms with Crippen LogP contribution >= 0.6 is 27.5 Å². The van der Waals surface area contributed by atoms with E-state index in [1.807, 2.05) is 6.07 Å². The van der Waals surface area contributed by atoms with Gasteiger partial charge in [0.15, 0.2) is 0 Å². The number of likely N-dealkylation sites (N-methyl/N-ethyl adjacent to an activating group) is 1. The molecule has 0 aliphatic heterocycles. The summed E-state index contributed by atoms with van der Waals surface area (Å²) >= 11 is 9.85. The zero-order chi connectivity index (χ0) is 15.4. The molecule has 1 fully saturated rings. The van der Waals surface area contributed by atoms with Crippen molar-refractivity contribution < 1.29 is 0 Å². The van der Waals surface area contributed by atoms with Crippen LogP contribution in [-0.2, 0) is 6.42 Å². The van der Waals surface area contributed by atoms with Gasteiger partial charge in [-0.2, -0.15) is 0 Å². The molecule has 0 aromatic heterocycles. The van der Waals surface area contributed by atoms with Crippen LogP contribution in [0.2, 0.25) is 5.02 Å². The predicted octanol–water partition coefficient (Wildman–Crippen LogP) is 5.70. The van der Waals surface area contributed by atoms with Crippen LogP contribution in [0.4, 0.5) is 0 Å². The van der Waals surface area contributed by atoms with Gasteiger partial charge < -0.3 is 5.32 Å². The molecule has 0 amide bonds. The summed E-state index contributed by atoms with van der Waals surface area (Å²) in [6.45, 7) is 4.73. The highest BCUT2D eigenvalue weighted by Gasteiger charge is 2.28. The van der Waals surface area contributed by atoms with E-state index in [9.17, 15) is 0 Å². The molecule has 1 saturated carbocycles. The first-order chi connectivity index (χ1) is 10.0. The van der Waals surface area contributed by atoms with Gasteiger partial charge >= 0.3 is 0 Å². The highest BCUT2D eigenvalue weighted by molar-refractivity contribution is 9.10. The standard InChI is InChI=1S/C18H27BrClN/c1-12(2)13-4-6-14(7-5-13)18(21-3)10-15-8-9-16(19)11-17(15)20/h8-9,11-14,18,21H,4-7,10H2,1-3H3. The minimum Gasteiger partial charge on any atom is -0.316 e. The average molecular weight is 373 g/mol. The SMILES string of the molecule is CNC(Cc1ccc(Br)cc1Cl)C1CCC(C(C)C)CC1. The lowest BCUT2D eigenvalue weighted by Crippen LogP contribution is -2.38. The van der Waals surface area contributed by atoms with Crippen LogP contribution in [0.1, 0.15) is 45.1 Å². The summed E-state index contributed by atoms with van der Waals surface area (Å²) in [5.41, 5.74) is 1.25. The van der Waals surface area contributed by atoms with E-state index >= 15 is 0 Å². The molecule has 118 valence electrons. The lowest BCUT2D eigenvalue weighted by molar-refractivity contribution is 0.191. The van der Waals surface area contributed by atoms with Gasteiger partial charge in [-0.15, -0.1) is 0 Å². The molecule has 0 heterocycles. The highest BCUT2D eigenvalue weighted by Crippen LogP contribution is 2.36. The molecule has 21 heavy (non-hydrogen) atoms. The highest BCUT2D eigenvalue weighted by atomic mass is 79.9. The van der Waals surface area contributed by atoms with Crippen molar-refractivity contribution in [3.05, 3.63) is 33.3 Å². The first kappa shape index (κ1) is 17.3. The van der Waals surface area contributed by atoms with Gasteiger partial charge in [0, 0.05) is 15.5 Å². The molecule has 0 radical (unpaired) electrons. The van der Waals surface area contributed by atoms with Crippen molar-refractivity contribution in [2.24, 2.45) is 17.8 Å². The molecule has 0 spiro atoms. The van der Waals surface area contributed by atoms with Crippen LogP contribution in [0.25, 0.3) is 0 Å². The third-order valence-electron chi connectivity index (χ3n) is 5.15. The van der Waals surface area contributed by atoms with Crippen molar-refractivity contribution in [1.29, 1.82) is 0 Å². The van der Waals surface area contributed by atoms with E-state index < -0.39 is 0 Å². The summed E-state index contributed by atoms with van der Waals surface area (Å²) in [4.78, 5) is 0. The fourth-order valence-corrected chi connectivity index (χ4v) is 4.39. The Morgan fingerprint density at radius 2 is 1.81 bits per heavy atom. The molecule has 1 nitrogen and oxygen atoms in total. The van der Waals surface area contributed by atoms with Crippen molar-refractivity contribution in [2.45, 2.75) is 52.0 Å². The molecule has 1 unspecified atom stereocenters. The third kappa shape index (κ3) is 4.71. The molecule has 1 aliphatic carbocycles. The number of hydrogen-bond acceptors (Lipinski definition) is 1. The van der Waals surface area contributed by atoms with Gasteiger partial charge in [0.1, 0.15) is 0 Å². The van der Waals surface area contributed by atoms with Gasteiger partial charge in [-0.3, -0.25) is 0 Å². The van der Waals surface area contributed by atoms with Gasteiger partial charge in [-0.05, 0) is 74.6 Å². The molecule has 1 aromatic carbocycles. The maximum absolute atomic E-state index is 6.38. The summed E-state index contributed by atoms with van der Waals surface area (Å²) in [7, 11) is 2.09. The Balaban J connectivity index is 1.97. The second-order valence-electron chi connectivity index (χ2n) is 6.75. The first-order valence-corrected chi connectivity index (χ1v) is 9.29. The normalized spacial score (nSPS) is 24.3. The average Bonchev–Trinajstić information content (AvgIpc) is 2.47. The maximum Gasteiger partial charge on any atom is 0.0449 e. The van der Waals surface area contributed by atoms with Gasteiger partial charge in [-0.1, -0.05) is 47.4 Å². The second-order valence-corrected chi connectivity index (χ2v) is 8.08. The van der Waals surface area contributed by atoms with E-state index in [2.05, 4.69) is 54.3 Å². The van der Waals surface area contributed by atoms with Gasteiger partial charge in [0.25, 0.3) is 0 Å². The van der Waals surface area contributed by atoms with Gasteiger partial charge in [-0.25, -0.2) is 0 Å². The molecule has 1 aliphatic rings. The van der Waals surface area contributed by atoms with Crippen LogP contribution in [0, 0.1) is 17.8 Å². The Morgan fingerprint density at radius 1 is 1.19 bits per heavy atom. The number of benzene rings is 1. The molecule has 1 atom stereocenters. The zero-order valence-corrected chi connectivity index (χ0v) is 15.7. The Labute approximate surface area is 143 Å². The van der Waals surface area contributed by atoms with E-state index in [0.29, 0.717) is 6.04 Å². The van der Waals surface area contributed by atoms with Crippen molar-refractivity contribution in [3.8, 4) is 0 Å². The monoisotopic (exact) mass is 371 g/mol. The minimum absolute atomic E-state index is 0.539. The summed E-state index contributed by atoms with van der Waals surface area (Å²) in [5, 5.41) is 4.41. The number of halogens is 2. The lowest BCUT2D eigenvalue weighted by Gasteiger charge is -2.35. The minimum atomic E-state index is 0.539. The van der Waals surface area contributed by atoms with E-state index in [0.717, 1.165) is 33.7 Å².